The van der Waals surface area contributed by atoms with Crippen molar-refractivity contribution in [2.24, 2.45) is 0 Å². The van der Waals surface area contributed by atoms with E-state index in [4.69, 9.17) is 0 Å². The summed E-state index contributed by atoms with van der Waals surface area (Å²) in [5.41, 5.74) is 1.37. The van der Waals surface area contributed by atoms with Crippen molar-refractivity contribution in [2.45, 2.75) is 6.42 Å². The Kier molecular flexibility index (Phi) is 6.18. The molecule has 2 amide bonds. The maximum Gasteiger partial charge on any atom is 0.255 e. The van der Waals surface area contributed by atoms with Crippen molar-refractivity contribution in [3.63, 3.8) is 0 Å². The highest BCUT2D eigenvalue weighted by molar-refractivity contribution is 7.08. The molecule has 20 heavy (non-hydrogen) atoms. The number of thiophene rings is 1. The number of nitrogens with zero attached hydrogens (tertiary/aromatic N) is 2. The van der Waals surface area contributed by atoms with Crippen molar-refractivity contribution < 1.29 is 9.59 Å². The van der Waals surface area contributed by atoms with Gasteiger partial charge in [-0.3, -0.25) is 9.59 Å². The monoisotopic (exact) mass is 292 g/mol. The molecule has 0 aromatic carbocycles. The van der Waals surface area contributed by atoms with Crippen LogP contribution in [0.15, 0.2) is 36.1 Å². The largest absolute Gasteiger partial charge is 0.342 e. The van der Waals surface area contributed by atoms with Gasteiger partial charge in [0.1, 0.15) is 0 Å². The molecule has 0 spiro atoms. The number of likely N-dealkylation sites (N-methyl/N-ethyl adjacent to an activating group) is 2. The first-order valence-corrected chi connectivity index (χ1v) is 7.21. The zero-order chi connectivity index (χ0) is 15.1. The quantitative estimate of drug-likeness (QED) is 0.723. The van der Waals surface area contributed by atoms with E-state index in [0.29, 0.717) is 18.7 Å². The Morgan fingerprint density at radius 1 is 1.15 bits per heavy atom. The van der Waals surface area contributed by atoms with Crippen molar-refractivity contribution >= 4 is 23.2 Å². The summed E-state index contributed by atoms with van der Waals surface area (Å²) in [5.74, 6) is -0.107. The first kappa shape index (κ1) is 16.2. The number of hydrogen-bond acceptors (Lipinski definition) is 3. The summed E-state index contributed by atoms with van der Waals surface area (Å²) in [6.45, 7) is 8.21. The minimum atomic E-state index is -0.0830. The number of hydrogen-bond donors (Lipinski definition) is 0. The molecule has 1 rings (SSSR count). The molecule has 0 fully saturated rings. The molecule has 1 aromatic rings. The Morgan fingerprint density at radius 3 is 2.35 bits per heavy atom. The molecular formula is C15H20N2O2S. The van der Waals surface area contributed by atoms with Crippen LogP contribution < -0.4 is 0 Å². The fourth-order valence-corrected chi connectivity index (χ4v) is 2.55. The highest BCUT2D eigenvalue weighted by Gasteiger charge is 2.19. The summed E-state index contributed by atoms with van der Waals surface area (Å²) in [6.07, 6.45) is 3.58. The van der Waals surface area contributed by atoms with Crippen LogP contribution in [-0.4, -0.2) is 48.8 Å². The van der Waals surface area contributed by atoms with Crippen LogP contribution in [0.25, 0.3) is 0 Å². The Labute approximate surface area is 124 Å². The molecule has 0 saturated carbocycles. The lowest BCUT2D eigenvalue weighted by molar-refractivity contribution is -0.128. The van der Waals surface area contributed by atoms with E-state index in [1.54, 1.807) is 41.4 Å². The Morgan fingerprint density at radius 2 is 1.75 bits per heavy atom. The second-order valence-corrected chi connectivity index (χ2v) is 5.27. The first-order chi connectivity index (χ1) is 9.51. The van der Waals surface area contributed by atoms with Gasteiger partial charge in [-0.15, -0.1) is 13.2 Å². The summed E-state index contributed by atoms with van der Waals surface area (Å²) in [5, 5.41) is 3.65. The van der Waals surface area contributed by atoms with Crippen molar-refractivity contribution in [2.75, 3.05) is 27.2 Å². The Hall–Kier alpha value is -1.88. The number of rotatable bonds is 7. The van der Waals surface area contributed by atoms with Crippen LogP contribution >= 0.6 is 11.3 Å². The van der Waals surface area contributed by atoms with Crippen LogP contribution in [0, 0.1) is 0 Å². The molecule has 0 radical (unpaired) electrons. The van der Waals surface area contributed by atoms with E-state index in [1.165, 1.54) is 11.3 Å². The SMILES string of the molecule is C=CCN(C)C(=O)Cc1cscc1C(=O)N(C)CC=C. The predicted molar refractivity (Wildman–Crippen MR) is 83.0 cm³/mol. The molecule has 0 atom stereocenters. The molecule has 108 valence electrons. The van der Waals surface area contributed by atoms with E-state index in [1.807, 2.05) is 5.38 Å². The summed E-state index contributed by atoms with van der Waals surface area (Å²) in [4.78, 5) is 27.4. The van der Waals surface area contributed by atoms with E-state index in [0.717, 1.165) is 5.56 Å². The zero-order valence-corrected chi connectivity index (χ0v) is 12.8. The standard InChI is InChI=1S/C15H20N2O2S/c1-5-7-16(3)14(18)9-12-10-20-11-13(12)15(19)17(4)8-6-2/h5-6,10-11H,1-2,7-9H2,3-4H3. The lowest BCUT2D eigenvalue weighted by Crippen LogP contribution is -2.30. The third-order valence-electron chi connectivity index (χ3n) is 2.89. The molecule has 0 N–H and O–H groups in total. The van der Waals surface area contributed by atoms with E-state index in [9.17, 15) is 9.59 Å². The lowest BCUT2D eigenvalue weighted by atomic mass is 10.1. The topological polar surface area (TPSA) is 40.6 Å². The van der Waals surface area contributed by atoms with Crippen molar-refractivity contribution in [3.05, 3.63) is 47.2 Å². The van der Waals surface area contributed by atoms with Gasteiger partial charge < -0.3 is 9.80 Å². The van der Waals surface area contributed by atoms with E-state index >= 15 is 0 Å². The van der Waals surface area contributed by atoms with Crippen LogP contribution in [0.1, 0.15) is 15.9 Å². The maximum atomic E-state index is 12.2. The van der Waals surface area contributed by atoms with Gasteiger partial charge >= 0.3 is 0 Å². The van der Waals surface area contributed by atoms with Crippen molar-refractivity contribution in [3.8, 4) is 0 Å². The third kappa shape index (κ3) is 4.06. The molecule has 0 aliphatic carbocycles. The second-order valence-electron chi connectivity index (χ2n) is 4.52. The first-order valence-electron chi connectivity index (χ1n) is 6.27. The summed E-state index contributed by atoms with van der Waals surface area (Å²) >= 11 is 1.43. The normalized spacial score (nSPS) is 9.90. The van der Waals surface area contributed by atoms with Gasteiger partial charge in [-0.1, -0.05) is 12.2 Å². The van der Waals surface area contributed by atoms with E-state index in [2.05, 4.69) is 13.2 Å². The molecule has 1 aromatic heterocycles. The third-order valence-corrected chi connectivity index (χ3v) is 3.68. The summed E-state index contributed by atoms with van der Waals surface area (Å²) in [7, 11) is 3.44. The highest BCUT2D eigenvalue weighted by atomic mass is 32.1. The van der Waals surface area contributed by atoms with Crippen LogP contribution in [-0.2, 0) is 11.2 Å². The molecule has 5 heteroatoms. The lowest BCUT2D eigenvalue weighted by Gasteiger charge is -2.17. The average Bonchev–Trinajstić information content (AvgIpc) is 2.86. The van der Waals surface area contributed by atoms with E-state index < -0.39 is 0 Å². The fourth-order valence-electron chi connectivity index (χ4n) is 1.72. The molecule has 0 unspecified atom stereocenters. The Bertz CT molecular complexity index is 508. The molecule has 0 bridgehead atoms. The van der Waals surface area contributed by atoms with Gasteiger partial charge in [-0.25, -0.2) is 0 Å². The van der Waals surface area contributed by atoms with Gasteiger partial charge in [0.05, 0.1) is 12.0 Å². The summed E-state index contributed by atoms with van der Waals surface area (Å²) < 4.78 is 0. The van der Waals surface area contributed by atoms with Crippen LogP contribution in [0.2, 0.25) is 0 Å². The molecule has 1 heterocycles. The van der Waals surface area contributed by atoms with Gasteiger partial charge in [0.15, 0.2) is 0 Å². The Balaban J connectivity index is 2.81. The number of carbonyl (C=O) groups is 2. The van der Waals surface area contributed by atoms with Gasteiger partial charge in [0.25, 0.3) is 5.91 Å². The molecule has 0 aliphatic heterocycles. The van der Waals surface area contributed by atoms with Crippen LogP contribution in [0.4, 0.5) is 0 Å². The van der Waals surface area contributed by atoms with Crippen LogP contribution in [0.3, 0.4) is 0 Å². The molecule has 0 aliphatic rings. The molecule has 0 saturated heterocycles. The highest BCUT2D eigenvalue weighted by Crippen LogP contribution is 2.18. The van der Waals surface area contributed by atoms with Crippen molar-refractivity contribution in [1.29, 1.82) is 0 Å². The average molecular weight is 292 g/mol. The predicted octanol–water partition coefficient (Wildman–Crippen LogP) is 2.19. The number of amides is 2. The van der Waals surface area contributed by atoms with Gasteiger partial charge in [0, 0.05) is 32.6 Å². The van der Waals surface area contributed by atoms with Gasteiger partial charge in [0.2, 0.25) is 5.91 Å². The fraction of sp³-hybridized carbons (Fsp3) is 0.333. The summed E-state index contributed by atoms with van der Waals surface area (Å²) in [6, 6.07) is 0. The van der Waals surface area contributed by atoms with Crippen molar-refractivity contribution in [1.82, 2.24) is 9.80 Å². The molecule has 4 nitrogen and oxygen atoms in total. The minimum Gasteiger partial charge on any atom is -0.342 e. The van der Waals surface area contributed by atoms with Crippen LogP contribution in [0.5, 0.6) is 0 Å². The van der Waals surface area contributed by atoms with Gasteiger partial charge in [-0.2, -0.15) is 11.3 Å². The zero-order valence-electron chi connectivity index (χ0n) is 12.0. The minimum absolute atomic E-state index is 0.0243. The maximum absolute atomic E-state index is 12.2. The van der Waals surface area contributed by atoms with E-state index in [-0.39, 0.29) is 18.2 Å². The van der Waals surface area contributed by atoms with Gasteiger partial charge in [-0.05, 0) is 10.9 Å². The number of carbonyl (C=O) groups excluding carboxylic acids is 2. The smallest absolute Gasteiger partial charge is 0.255 e. The second kappa shape index (κ2) is 7.65. The molecular weight excluding hydrogens is 272 g/mol.